The molecule has 5 atom stereocenters. The predicted molar refractivity (Wildman–Crippen MR) is 58.2 cm³/mol. The molecule has 0 amide bonds. The van der Waals surface area contributed by atoms with E-state index < -0.39 is 5.67 Å². The fourth-order valence-electron chi connectivity index (χ4n) is 6.06. The zero-order valence-electron chi connectivity index (χ0n) is 9.85. The monoisotopic (exact) mass is 208 g/mol. The van der Waals surface area contributed by atoms with Gasteiger partial charge in [-0.05, 0) is 67.1 Å². The van der Waals surface area contributed by atoms with Crippen LogP contribution >= 0.6 is 0 Å². The van der Waals surface area contributed by atoms with Crippen molar-refractivity contribution < 1.29 is 4.39 Å². The standard InChI is InChI=1S/C14H21F/c1-9(2)12-4-10-3-11-5-13(15,6-12)8-14(10,11)7-12/h9-11H,3-8H2,1-2H3. The van der Waals surface area contributed by atoms with E-state index in [0.29, 0.717) is 16.7 Å². The molecule has 0 aromatic rings. The Kier molecular flexibility index (Phi) is 1.29. The smallest absolute Gasteiger partial charge is 0.112 e. The van der Waals surface area contributed by atoms with Gasteiger partial charge in [-0.25, -0.2) is 4.39 Å². The molecule has 4 saturated carbocycles. The molecule has 0 aliphatic heterocycles. The molecule has 4 aliphatic rings. The molecular weight excluding hydrogens is 187 g/mol. The summed E-state index contributed by atoms with van der Waals surface area (Å²) in [5.41, 5.74) is 0.138. The fraction of sp³-hybridized carbons (Fsp3) is 1.00. The molecule has 1 heteroatoms. The molecule has 3 bridgehead atoms. The van der Waals surface area contributed by atoms with E-state index in [-0.39, 0.29) is 0 Å². The molecule has 5 unspecified atom stereocenters. The molecule has 0 radical (unpaired) electrons. The van der Waals surface area contributed by atoms with Crippen LogP contribution in [0.4, 0.5) is 4.39 Å². The van der Waals surface area contributed by atoms with E-state index in [1.165, 1.54) is 19.3 Å². The lowest BCUT2D eigenvalue weighted by Gasteiger charge is -2.49. The van der Waals surface area contributed by atoms with Gasteiger partial charge in [-0.15, -0.1) is 0 Å². The summed E-state index contributed by atoms with van der Waals surface area (Å²) < 4.78 is 14.8. The number of alkyl halides is 1. The van der Waals surface area contributed by atoms with Gasteiger partial charge in [-0.2, -0.15) is 0 Å². The Morgan fingerprint density at radius 3 is 2.53 bits per heavy atom. The van der Waals surface area contributed by atoms with Crippen LogP contribution in [0.5, 0.6) is 0 Å². The number of hydrogen-bond donors (Lipinski definition) is 0. The molecular formula is C14H21F. The molecule has 0 aromatic carbocycles. The molecule has 1 spiro atoms. The minimum absolute atomic E-state index is 0.392. The largest absolute Gasteiger partial charge is 0.244 e. The van der Waals surface area contributed by atoms with Gasteiger partial charge < -0.3 is 0 Å². The van der Waals surface area contributed by atoms with Crippen LogP contribution in [0, 0.1) is 28.6 Å². The van der Waals surface area contributed by atoms with Crippen LogP contribution in [0.3, 0.4) is 0 Å². The van der Waals surface area contributed by atoms with Crippen LogP contribution < -0.4 is 0 Å². The second-order valence-corrected chi connectivity index (χ2v) is 7.47. The third kappa shape index (κ3) is 0.795. The Bertz CT molecular complexity index is 332. The summed E-state index contributed by atoms with van der Waals surface area (Å²) in [5, 5.41) is 0. The van der Waals surface area contributed by atoms with Crippen molar-refractivity contribution in [2.24, 2.45) is 28.6 Å². The lowest BCUT2D eigenvalue weighted by Crippen LogP contribution is -2.43. The van der Waals surface area contributed by atoms with Gasteiger partial charge in [-0.1, -0.05) is 13.8 Å². The van der Waals surface area contributed by atoms with E-state index in [2.05, 4.69) is 13.8 Å². The highest BCUT2D eigenvalue weighted by molar-refractivity contribution is 5.25. The maximum atomic E-state index is 14.8. The summed E-state index contributed by atoms with van der Waals surface area (Å²) in [6.07, 6.45) is 6.83. The van der Waals surface area contributed by atoms with E-state index in [0.717, 1.165) is 31.1 Å². The Hall–Kier alpha value is -0.0700. The molecule has 4 rings (SSSR count). The van der Waals surface area contributed by atoms with E-state index >= 15 is 0 Å². The lowest BCUT2D eigenvalue weighted by atomic mass is 9.55. The van der Waals surface area contributed by atoms with Crippen molar-refractivity contribution in [1.82, 2.24) is 0 Å². The maximum Gasteiger partial charge on any atom is 0.112 e. The number of rotatable bonds is 1. The SMILES string of the molecule is CC(C)C12CC3CC4CC(F)(C1)CC43C2. The third-order valence-corrected chi connectivity index (χ3v) is 6.68. The predicted octanol–water partition coefficient (Wildman–Crippen LogP) is 3.95. The first-order valence-electron chi connectivity index (χ1n) is 6.67. The van der Waals surface area contributed by atoms with Crippen LogP contribution in [0.25, 0.3) is 0 Å². The van der Waals surface area contributed by atoms with Gasteiger partial charge >= 0.3 is 0 Å². The molecule has 84 valence electrons. The van der Waals surface area contributed by atoms with Gasteiger partial charge in [0.2, 0.25) is 0 Å². The molecule has 15 heavy (non-hydrogen) atoms. The van der Waals surface area contributed by atoms with E-state index in [4.69, 9.17) is 0 Å². The minimum Gasteiger partial charge on any atom is -0.244 e. The van der Waals surface area contributed by atoms with Crippen molar-refractivity contribution in [2.45, 2.75) is 58.0 Å². The van der Waals surface area contributed by atoms with Crippen molar-refractivity contribution in [1.29, 1.82) is 0 Å². The van der Waals surface area contributed by atoms with Crippen molar-refractivity contribution in [3.63, 3.8) is 0 Å². The Morgan fingerprint density at radius 2 is 1.80 bits per heavy atom. The topological polar surface area (TPSA) is 0 Å². The van der Waals surface area contributed by atoms with Crippen LogP contribution in [-0.2, 0) is 0 Å². The molecule has 0 N–H and O–H groups in total. The van der Waals surface area contributed by atoms with E-state index in [9.17, 15) is 4.39 Å². The lowest BCUT2D eigenvalue weighted by molar-refractivity contribution is -0.0222. The second kappa shape index (κ2) is 2.15. The highest BCUT2D eigenvalue weighted by Gasteiger charge is 2.75. The van der Waals surface area contributed by atoms with Crippen molar-refractivity contribution >= 4 is 0 Å². The summed E-state index contributed by atoms with van der Waals surface area (Å²) >= 11 is 0. The summed E-state index contributed by atoms with van der Waals surface area (Å²) in [6, 6.07) is 0. The second-order valence-electron chi connectivity index (χ2n) is 7.47. The highest BCUT2D eigenvalue weighted by atomic mass is 19.1. The highest BCUT2D eigenvalue weighted by Crippen LogP contribution is 2.81. The van der Waals surface area contributed by atoms with Crippen molar-refractivity contribution in [3.05, 3.63) is 0 Å². The number of fused-ring (bicyclic) bond motifs is 2. The Morgan fingerprint density at radius 1 is 1.07 bits per heavy atom. The average Bonchev–Trinajstić information content (AvgIpc) is 2.40. The zero-order chi connectivity index (χ0) is 10.5. The summed E-state index contributed by atoms with van der Waals surface area (Å²) in [4.78, 5) is 0. The Labute approximate surface area is 91.6 Å². The fourth-order valence-corrected chi connectivity index (χ4v) is 6.06. The number of halogens is 1. The van der Waals surface area contributed by atoms with Gasteiger partial charge in [0.05, 0.1) is 0 Å². The quantitative estimate of drug-likeness (QED) is 0.612. The van der Waals surface area contributed by atoms with Gasteiger partial charge in [0.25, 0.3) is 0 Å². The van der Waals surface area contributed by atoms with Crippen LogP contribution in [0.1, 0.15) is 52.4 Å². The normalized spacial score (nSPS) is 64.8. The van der Waals surface area contributed by atoms with Crippen LogP contribution in [0.2, 0.25) is 0 Å². The van der Waals surface area contributed by atoms with Crippen LogP contribution in [-0.4, -0.2) is 5.67 Å². The average molecular weight is 208 g/mol. The van der Waals surface area contributed by atoms with Gasteiger partial charge in [0.15, 0.2) is 0 Å². The Balaban J connectivity index is 1.84. The molecule has 0 nitrogen and oxygen atoms in total. The zero-order valence-corrected chi connectivity index (χ0v) is 9.85. The summed E-state index contributed by atoms with van der Waals surface area (Å²) in [6.45, 7) is 4.65. The molecule has 0 heterocycles. The van der Waals surface area contributed by atoms with E-state index in [1.807, 2.05) is 0 Å². The first-order valence-corrected chi connectivity index (χ1v) is 6.67. The van der Waals surface area contributed by atoms with Crippen LogP contribution in [0.15, 0.2) is 0 Å². The van der Waals surface area contributed by atoms with Crippen molar-refractivity contribution in [2.75, 3.05) is 0 Å². The van der Waals surface area contributed by atoms with Gasteiger partial charge in [0, 0.05) is 0 Å². The first kappa shape index (κ1) is 9.01. The van der Waals surface area contributed by atoms with Crippen molar-refractivity contribution in [3.8, 4) is 0 Å². The summed E-state index contributed by atoms with van der Waals surface area (Å²) in [7, 11) is 0. The molecule has 4 fully saturated rings. The van der Waals surface area contributed by atoms with E-state index in [1.54, 1.807) is 0 Å². The molecule has 0 saturated heterocycles. The maximum absolute atomic E-state index is 14.8. The molecule has 0 aromatic heterocycles. The molecule has 4 aliphatic carbocycles. The first-order chi connectivity index (χ1) is 6.98. The minimum atomic E-state index is -0.752. The van der Waals surface area contributed by atoms with Gasteiger partial charge in [-0.3, -0.25) is 0 Å². The van der Waals surface area contributed by atoms with Gasteiger partial charge in [0.1, 0.15) is 5.67 Å². The summed E-state index contributed by atoms with van der Waals surface area (Å²) in [5.74, 6) is 2.37. The number of hydrogen-bond acceptors (Lipinski definition) is 0. The third-order valence-electron chi connectivity index (χ3n) is 6.68.